The van der Waals surface area contributed by atoms with E-state index in [1.54, 1.807) is 16.2 Å². The molecule has 4 nitrogen and oxygen atoms in total. The third-order valence-corrected chi connectivity index (χ3v) is 5.11. The van der Waals surface area contributed by atoms with Gasteiger partial charge in [0.15, 0.2) is 4.96 Å². The molecule has 0 atom stereocenters. The number of nitrogens with zero attached hydrogens (tertiary/aromatic N) is 3. The Morgan fingerprint density at radius 1 is 1.25 bits per heavy atom. The molecule has 0 aliphatic rings. The molecule has 3 rings (SSSR count). The molecule has 0 bridgehead atoms. The van der Waals surface area contributed by atoms with Gasteiger partial charge in [0.2, 0.25) is 0 Å². The zero-order valence-corrected chi connectivity index (χ0v) is 15.5. The number of rotatable bonds is 5. The van der Waals surface area contributed by atoms with Crippen molar-refractivity contribution in [2.24, 2.45) is 0 Å². The maximum absolute atomic E-state index is 12.7. The number of aryl methyl sites for hydroxylation is 3. The van der Waals surface area contributed by atoms with E-state index in [1.807, 2.05) is 26.1 Å². The fourth-order valence-electron chi connectivity index (χ4n) is 2.92. The van der Waals surface area contributed by atoms with E-state index < -0.39 is 0 Å². The first-order chi connectivity index (χ1) is 11.5. The molecule has 0 fully saturated rings. The van der Waals surface area contributed by atoms with Gasteiger partial charge in [-0.05, 0) is 38.0 Å². The lowest BCUT2D eigenvalue weighted by Gasteiger charge is -2.17. The van der Waals surface area contributed by atoms with Gasteiger partial charge in [0.05, 0.1) is 17.9 Å². The highest BCUT2D eigenvalue weighted by atomic mass is 32.1. The monoisotopic (exact) mass is 341 g/mol. The molecule has 0 radical (unpaired) electrons. The Balaban J connectivity index is 1.79. The van der Waals surface area contributed by atoms with Crippen molar-refractivity contribution in [2.75, 3.05) is 7.05 Å². The van der Waals surface area contributed by atoms with Crippen LogP contribution in [0.5, 0.6) is 0 Å². The number of benzene rings is 1. The molecule has 0 aliphatic carbocycles. The van der Waals surface area contributed by atoms with Crippen LogP contribution in [0.1, 0.15) is 45.5 Å². The summed E-state index contributed by atoms with van der Waals surface area (Å²) in [4.78, 5) is 21.3. The first kappa shape index (κ1) is 16.7. The van der Waals surface area contributed by atoms with E-state index in [4.69, 9.17) is 0 Å². The fraction of sp³-hybridized carbons (Fsp3) is 0.368. The summed E-state index contributed by atoms with van der Waals surface area (Å²) in [5.74, 6) is 0.0411. The van der Waals surface area contributed by atoms with Crippen LogP contribution in [0.2, 0.25) is 0 Å². The Bertz CT molecular complexity index is 861. The zero-order chi connectivity index (χ0) is 17.3. The highest BCUT2D eigenvalue weighted by molar-refractivity contribution is 7.17. The normalized spacial score (nSPS) is 11.2. The summed E-state index contributed by atoms with van der Waals surface area (Å²) in [7, 11) is 1.85. The van der Waals surface area contributed by atoms with Gasteiger partial charge in [0, 0.05) is 23.7 Å². The van der Waals surface area contributed by atoms with Gasteiger partial charge < -0.3 is 4.90 Å². The number of thiazole rings is 1. The molecule has 2 aromatic heterocycles. The number of hydrogen-bond donors (Lipinski definition) is 0. The molecule has 24 heavy (non-hydrogen) atoms. The Kier molecular flexibility index (Phi) is 4.71. The van der Waals surface area contributed by atoms with Gasteiger partial charge in [-0.2, -0.15) is 0 Å². The standard InChI is InChI=1S/C19H23N3OS/c1-5-6-15-7-9-16(10-8-15)18(23)21(4)12-17-14(3)20-19-22(17)11-13(2)24-19/h7-11H,5-6,12H2,1-4H3. The molecule has 126 valence electrons. The van der Waals surface area contributed by atoms with E-state index in [9.17, 15) is 4.79 Å². The number of amides is 1. The van der Waals surface area contributed by atoms with Crippen molar-refractivity contribution in [2.45, 2.75) is 40.2 Å². The van der Waals surface area contributed by atoms with E-state index in [2.05, 4.69) is 41.6 Å². The molecule has 0 N–H and O–H groups in total. The van der Waals surface area contributed by atoms with Crippen LogP contribution in [0.15, 0.2) is 30.5 Å². The van der Waals surface area contributed by atoms with Crippen molar-refractivity contribution in [3.8, 4) is 0 Å². The lowest BCUT2D eigenvalue weighted by Crippen LogP contribution is -2.27. The third kappa shape index (κ3) is 3.22. The average molecular weight is 341 g/mol. The van der Waals surface area contributed by atoms with Gasteiger partial charge in [0.25, 0.3) is 5.91 Å². The molecule has 1 amide bonds. The van der Waals surface area contributed by atoms with E-state index in [0.717, 1.165) is 34.8 Å². The number of aromatic nitrogens is 2. The van der Waals surface area contributed by atoms with Crippen LogP contribution in [-0.4, -0.2) is 27.2 Å². The SMILES string of the molecule is CCCc1ccc(C(=O)N(C)Cc2c(C)nc3sc(C)cn23)cc1. The second kappa shape index (κ2) is 6.77. The van der Waals surface area contributed by atoms with Crippen molar-refractivity contribution in [1.29, 1.82) is 0 Å². The highest BCUT2D eigenvalue weighted by Crippen LogP contribution is 2.22. The second-order valence-corrected chi connectivity index (χ2v) is 7.46. The number of fused-ring (bicyclic) bond motifs is 1. The van der Waals surface area contributed by atoms with Crippen LogP contribution in [0.25, 0.3) is 4.96 Å². The zero-order valence-electron chi connectivity index (χ0n) is 14.7. The molecule has 5 heteroatoms. The number of carbonyl (C=O) groups is 1. The smallest absolute Gasteiger partial charge is 0.253 e. The number of carbonyl (C=O) groups excluding carboxylic acids is 1. The lowest BCUT2D eigenvalue weighted by molar-refractivity contribution is 0.0783. The number of hydrogen-bond acceptors (Lipinski definition) is 3. The molecule has 1 aromatic carbocycles. The number of imidazole rings is 1. The van der Waals surface area contributed by atoms with Crippen LogP contribution < -0.4 is 0 Å². The van der Waals surface area contributed by atoms with Crippen molar-refractivity contribution in [3.63, 3.8) is 0 Å². The van der Waals surface area contributed by atoms with E-state index >= 15 is 0 Å². The summed E-state index contributed by atoms with van der Waals surface area (Å²) in [6.45, 7) is 6.79. The Labute approximate surface area is 146 Å². The second-order valence-electron chi connectivity index (χ2n) is 6.25. The van der Waals surface area contributed by atoms with Crippen molar-refractivity contribution in [1.82, 2.24) is 14.3 Å². The Morgan fingerprint density at radius 3 is 2.62 bits per heavy atom. The summed E-state index contributed by atoms with van der Waals surface area (Å²) in [6, 6.07) is 7.96. The van der Waals surface area contributed by atoms with Crippen LogP contribution in [0.3, 0.4) is 0 Å². The predicted molar refractivity (Wildman–Crippen MR) is 98.8 cm³/mol. The summed E-state index contributed by atoms with van der Waals surface area (Å²) >= 11 is 1.67. The molecular weight excluding hydrogens is 318 g/mol. The van der Waals surface area contributed by atoms with Gasteiger partial charge in [-0.3, -0.25) is 9.20 Å². The van der Waals surface area contributed by atoms with Crippen LogP contribution in [-0.2, 0) is 13.0 Å². The predicted octanol–water partition coefficient (Wildman–Crippen LogP) is 4.24. The Hall–Kier alpha value is -2.14. The van der Waals surface area contributed by atoms with Gasteiger partial charge in [-0.1, -0.05) is 25.5 Å². The molecular formula is C19H23N3OS. The lowest BCUT2D eigenvalue weighted by atomic mass is 10.1. The summed E-state index contributed by atoms with van der Waals surface area (Å²) in [6.07, 6.45) is 4.26. The first-order valence-electron chi connectivity index (χ1n) is 8.28. The molecule has 0 saturated carbocycles. The van der Waals surface area contributed by atoms with Gasteiger partial charge in [0.1, 0.15) is 0 Å². The quantitative estimate of drug-likeness (QED) is 0.696. The minimum Gasteiger partial charge on any atom is -0.336 e. The van der Waals surface area contributed by atoms with Crippen molar-refractivity contribution < 1.29 is 4.79 Å². The fourth-order valence-corrected chi connectivity index (χ4v) is 3.81. The van der Waals surface area contributed by atoms with E-state index in [0.29, 0.717) is 6.54 Å². The average Bonchev–Trinajstić information content (AvgIpc) is 3.04. The largest absolute Gasteiger partial charge is 0.336 e. The maximum atomic E-state index is 12.7. The van der Waals surface area contributed by atoms with Crippen LogP contribution in [0, 0.1) is 13.8 Å². The highest BCUT2D eigenvalue weighted by Gasteiger charge is 2.17. The third-order valence-electron chi connectivity index (χ3n) is 4.21. The maximum Gasteiger partial charge on any atom is 0.253 e. The van der Waals surface area contributed by atoms with Crippen molar-refractivity contribution in [3.05, 3.63) is 57.9 Å². The topological polar surface area (TPSA) is 37.6 Å². The summed E-state index contributed by atoms with van der Waals surface area (Å²) < 4.78 is 2.10. The van der Waals surface area contributed by atoms with E-state index in [1.165, 1.54) is 10.4 Å². The summed E-state index contributed by atoms with van der Waals surface area (Å²) in [5, 5.41) is 0. The van der Waals surface area contributed by atoms with Gasteiger partial charge >= 0.3 is 0 Å². The van der Waals surface area contributed by atoms with Gasteiger partial charge in [-0.25, -0.2) is 4.98 Å². The van der Waals surface area contributed by atoms with Crippen LogP contribution in [0.4, 0.5) is 0 Å². The molecule has 2 heterocycles. The molecule has 0 unspecified atom stereocenters. The van der Waals surface area contributed by atoms with Gasteiger partial charge in [-0.15, -0.1) is 11.3 Å². The molecule has 0 aliphatic heterocycles. The van der Waals surface area contributed by atoms with E-state index in [-0.39, 0.29) is 5.91 Å². The minimum absolute atomic E-state index is 0.0411. The van der Waals surface area contributed by atoms with Crippen molar-refractivity contribution >= 4 is 22.2 Å². The molecule has 0 saturated heterocycles. The van der Waals surface area contributed by atoms with Crippen LogP contribution >= 0.6 is 11.3 Å². The summed E-state index contributed by atoms with van der Waals surface area (Å²) in [5.41, 5.74) is 4.07. The molecule has 0 spiro atoms. The minimum atomic E-state index is 0.0411. The molecule has 3 aromatic rings. The first-order valence-corrected chi connectivity index (χ1v) is 9.09. The Morgan fingerprint density at radius 2 is 1.96 bits per heavy atom.